The van der Waals surface area contributed by atoms with Gasteiger partial charge in [-0.1, -0.05) is 11.8 Å². The third-order valence-electron chi connectivity index (χ3n) is 4.53. The Morgan fingerprint density at radius 3 is 2.57 bits per heavy atom. The summed E-state index contributed by atoms with van der Waals surface area (Å²) in [4.78, 5) is 25.7. The van der Waals surface area contributed by atoms with Crippen LogP contribution in [0, 0.1) is 6.92 Å². The van der Waals surface area contributed by atoms with Crippen molar-refractivity contribution in [3.8, 4) is 17.1 Å². The van der Waals surface area contributed by atoms with E-state index in [1.54, 1.807) is 37.6 Å². The highest BCUT2D eigenvalue weighted by Crippen LogP contribution is 2.27. The van der Waals surface area contributed by atoms with Crippen molar-refractivity contribution in [1.82, 2.24) is 14.8 Å². The van der Waals surface area contributed by atoms with Gasteiger partial charge in [0.1, 0.15) is 11.5 Å². The fourth-order valence-electron chi connectivity index (χ4n) is 2.88. The normalized spacial score (nSPS) is 10.8. The van der Waals surface area contributed by atoms with Crippen molar-refractivity contribution in [3.05, 3.63) is 42.4 Å². The van der Waals surface area contributed by atoms with Crippen molar-refractivity contribution < 1.29 is 18.7 Å². The molecule has 0 unspecified atom stereocenters. The largest absolute Gasteiger partial charge is 0.497 e. The van der Waals surface area contributed by atoms with Crippen molar-refractivity contribution in [2.45, 2.75) is 18.5 Å². The number of hydrogen-bond acceptors (Lipinski definition) is 7. The Morgan fingerprint density at radius 2 is 1.97 bits per heavy atom. The standard InChI is InChI=1S/C20H23N5O4S/c1-13-16(9-11-29-13)19-22-23-20(24(19)2)30-12-18(27)25(10-8-17(21)26)14-4-6-15(28-3)7-5-14/h4-7,9,11H,8,10,12H2,1-3H3,(H2,21,26). The average molecular weight is 430 g/mol. The second-order valence-corrected chi connectivity index (χ2v) is 7.45. The monoisotopic (exact) mass is 429 g/mol. The lowest BCUT2D eigenvalue weighted by Gasteiger charge is -2.22. The van der Waals surface area contributed by atoms with Gasteiger partial charge in [-0.3, -0.25) is 9.59 Å². The lowest BCUT2D eigenvalue weighted by Crippen LogP contribution is -2.35. The van der Waals surface area contributed by atoms with Gasteiger partial charge in [-0.2, -0.15) is 0 Å². The van der Waals surface area contributed by atoms with Crippen LogP contribution in [-0.4, -0.2) is 46.0 Å². The summed E-state index contributed by atoms with van der Waals surface area (Å²) in [7, 11) is 3.41. The topological polar surface area (TPSA) is 116 Å². The Labute approximate surface area is 178 Å². The summed E-state index contributed by atoms with van der Waals surface area (Å²) in [5.74, 6) is 1.57. The summed E-state index contributed by atoms with van der Waals surface area (Å²) in [6.45, 7) is 2.05. The third-order valence-corrected chi connectivity index (χ3v) is 5.53. The van der Waals surface area contributed by atoms with Crippen molar-refractivity contribution in [1.29, 1.82) is 0 Å². The van der Waals surface area contributed by atoms with E-state index in [1.165, 1.54) is 16.7 Å². The van der Waals surface area contributed by atoms with Gasteiger partial charge < -0.3 is 24.4 Å². The molecule has 2 aromatic heterocycles. The molecule has 0 aliphatic rings. The first-order chi connectivity index (χ1) is 14.4. The Kier molecular flexibility index (Phi) is 6.78. The predicted molar refractivity (Wildman–Crippen MR) is 113 cm³/mol. The zero-order chi connectivity index (χ0) is 21.7. The van der Waals surface area contributed by atoms with Gasteiger partial charge in [-0.15, -0.1) is 10.2 Å². The number of aryl methyl sites for hydroxylation is 1. The first kappa shape index (κ1) is 21.4. The molecule has 0 fully saturated rings. The third kappa shape index (κ3) is 4.82. The minimum atomic E-state index is -0.470. The molecule has 0 radical (unpaired) electrons. The number of carbonyl (C=O) groups is 2. The van der Waals surface area contributed by atoms with Crippen LogP contribution in [0.15, 0.2) is 46.2 Å². The van der Waals surface area contributed by atoms with E-state index in [0.29, 0.717) is 22.4 Å². The predicted octanol–water partition coefficient (Wildman–Crippen LogP) is 2.39. The fraction of sp³-hybridized carbons (Fsp3) is 0.300. The molecule has 158 valence electrons. The van der Waals surface area contributed by atoms with Crippen LogP contribution in [0.25, 0.3) is 11.4 Å². The Hall–Kier alpha value is -3.27. The van der Waals surface area contributed by atoms with Crippen molar-refractivity contribution >= 4 is 29.3 Å². The smallest absolute Gasteiger partial charge is 0.237 e. The van der Waals surface area contributed by atoms with Crippen LogP contribution in [0.2, 0.25) is 0 Å². The van der Waals surface area contributed by atoms with Crippen LogP contribution >= 0.6 is 11.8 Å². The highest BCUT2D eigenvalue weighted by molar-refractivity contribution is 7.99. The number of nitrogens with two attached hydrogens (primary N) is 1. The van der Waals surface area contributed by atoms with Crippen LogP contribution < -0.4 is 15.4 Å². The van der Waals surface area contributed by atoms with Gasteiger partial charge in [-0.05, 0) is 37.3 Å². The number of amides is 2. The van der Waals surface area contributed by atoms with Crippen molar-refractivity contribution in [2.75, 3.05) is 24.3 Å². The molecule has 2 N–H and O–H groups in total. The van der Waals surface area contributed by atoms with Crippen LogP contribution in [0.3, 0.4) is 0 Å². The molecule has 0 bridgehead atoms. The van der Waals surface area contributed by atoms with Crippen LogP contribution in [0.5, 0.6) is 5.75 Å². The van der Waals surface area contributed by atoms with Gasteiger partial charge >= 0.3 is 0 Å². The number of rotatable bonds is 9. The number of ether oxygens (including phenoxy) is 1. The number of thioether (sulfide) groups is 1. The second-order valence-electron chi connectivity index (χ2n) is 6.50. The first-order valence-corrected chi connectivity index (χ1v) is 10.2. The van der Waals surface area contributed by atoms with Crippen molar-refractivity contribution in [2.24, 2.45) is 12.8 Å². The zero-order valence-corrected chi connectivity index (χ0v) is 17.8. The van der Waals surface area contributed by atoms with Gasteiger partial charge in [0.25, 0.3) is 0 Å². The average Bonchev–Trinajstić information content (AvgIpc) is 3.31. The van der Waals surface area contributed by atoms with Crippen molar-refractivity contribution in [3.63, 3.8) is 0 Å². The lowest BCUT2D eigenvalue weighted by atomic mass is 10.2. The maximum atomic E-state index is 12.9. The van der Waals surface area contributed by atoms with E-state index >= 15 is 0 Å². The second kappa shape index (κ2) is 9.49. The maximum absolute atomic E-state index is 12.9. The van der Waals surface area contributed by atoms with Gasteiger partial charge in [0, 0.05) is 25.7 Å². The number of aromatic nitrogens is 3. The summed E-state index contributed by atoms with van der Waals surface area (Å²) in [5.41, 5.74) is 6.79. The molecule has 0 atom stereocenters. The van der Waals surface area contributed by atoms with E-state index in [-0.39, 0.29) is 24.6 Å². The molecule has 30 heavy (non-hydrogen) atoms. The first-order valence-electron chi connectivity index (χ1n) is 9.20. The number of methoxy groups -OCH3 is 1. The highest BCUT2D eigenvalue weighted by Gasteiger charge is 2.20. The molecule has 3 aromatic rings. The molecule has 0 spiro atoms. The molecule has 10 heteroatoms. The van der Waals surface area contributed by atoms with Gasteiger partial charge in [0.2, 0.25) is 11.8 Å². The lowest BCUT2D eigenvalue weighted by molar-refractivity contribution is -0.118. The molecular formula is C20H23N5O4S. The number of benzene rings is 1. The molecule has 2 amide bonds. The van der Waals surface area contributed by atoms with Gasteiger partial charge in [-0.25, -0.2) is 0 Å². The summed E-state index contributed by atoms with van der Waals surface area (Å²) in [6.07, 6.45) is 1.66. The van der Waals surface area contributed by atoms with Gasteiger partial charge in [0.05, 0.1) is 24.7 Å². The Morgan fingerprint density at radius 1 is 1.23 bits per heavy atom. The molecule has 0 saturated carbocycles. The summed E-state index contributed by atoms with van der Waals surface area (Å²) in [6, 6.07) is 8.88. The zero-order valence-electron chi connectivity index (χ0n) is 17.0. The van der Waals surface area contributed by atoms with Crippen LogP contribution in [0.1, 0.15) is 12.2 Å². The fourth-order valence-corrected chi connectivity index (χ4v) is 3.67. The summed E-state index contributed by atoms with van der Waals surface area (Å²) in [5, 5.41) is 9.00. The number of carbonyl (C=O) groups excluding carboxylic acids is 2. The van der Waals surface area contributed by atoms with E-state index < -0.39 is 5.91 Å². The number of primary amides is 1. The number of furan rings is 1. The molecule has 1 aromatic carbocycles. The minimum absolute atomic E-state index is 0.0658. The molecule has 0 saturated heterocycles. The maximum Gasteiger partial charge on any atom is 0.237 e. The van der Waals surface area contributed by atoms with Crippen LogP contribution in [0.4, 0.5) is 5.69 Å². The summed E-state index contributed by atoms with van der Waals surface area (Å²) < 4.78 is 12.3. The van der Waals surface area contributed by atoms with Gasteiger partial charge in [0.15, 0.2) is 11.0 Å². The Balaban J connectivity index is 1.73. The number of nitrogens with zero attached hydrogens (tertiary/aromatic N) is 4. The van der Waals surface area contributed by atoms with E-state index in [4.69, 9.17) is 14.9 Å². The summed E-state index contributed by atoms with van der Waals surface area (Å²) >= 11 is 1.27. The SMILES string of the molecule is COc1ccc(N(CCC(N)=O)C(=O)CSc2nnc(-c3ccoc3C)n2C)cc1. The van der Waals surface area contributed by atoms with E-state index in [1.807, 2.05) is 24.6 Å². The van der Waals surface area contributed by atoms with E-state index in [2.05, 4.69) is 10.2 Å². The van der Waals surface area contributed by atoms with E-state index in [9.17, 15) is 9.59 Å². The molecule has 3 rings (SSSR count). The molecule has 9 nitrogen and oxygen atoms in total. The number of anilines is 1. The highest BCUT2D eigenvalue weighted by atomic mass is 32.2. The van der Waals surface area contributed by atoms with E-state index in [0.717, 1.165) is 11.3 Å². The number of hydrogen-bond donors (Lipinski definition) is 1. The minimum Gasteiger partial charge on any atom is -0.497 e. The molecule has 0 aliphatic heterocycles. The van der Waals surface area contributed by atoms with Crippen LogP contribution in [-0.2, 0) is 16.6 Å². The quantitative estimate of drug-likeness (QED) is 0.519. The molecule has 0 aliphatic carbocycles. The Bertz CT molecular complexity index is 1030. The molecule has 2 heterocycles. The molecular weight excluding hydrogens is 406 g/mol.